The zero-order chi connectivity index (χ0) is 13.1. The smallest absolute Gasteiger partial charge is 0.0997 e. The lowest BCUT2D eigenvalue weighted by Gasteiger charge is -2.20. The third-order valence-corrected chi connectivity index (χ3v) is 3.66. The van der Waals surface area contributed by atoms with Gasteiger partial charge in [-0.2, -0.15) is 0 Å². The summed E-state index contributed by atoms with van der Waals surface area (Å²) in [5.41, 5.74) is 7.43. The molecule has 0 bridgehead atoms. The first-order valence-corrected chi connectivity index (χ1v) is 6.29. The molecule has 2 rings (SSSR count). The highest BCUT2D eigenvalue weighted by Crippen LogP contribution is 2.34. The normalized spacial score (nSPS) is 14.2. The number of aliphatic hydroxyl groups is 1. The van der Waals surface area contributed by atoms with Gasteiger partial charge >= 0.3 is 0 Å². The molecule has 0 aliphatic carbocycles. The molecule has 4 heteroatoms. The number of hydrogen-bond donors (Lipinski definition) is 2. The second kappa shape index (κ2) is 5.72. The number of halogens is 2. The number of aliphatic hydroxyl groups excluding tert-OH is 1. The van der Waals surface area contributed by atoms with Crippen LogP contribution in [-0.2, 0) is 0 Å². The van der Waals surface area contributed by atoms with Gasteiger partial charge in [0.05, 0.1) is 22.2 Å². The largest absolute Gasteiger partial charge is 0.386 e. The Morgan fingerprint density at radius 3 is 2.28 bits per heavy atom. The average molecular weight is 282 g/mol. The zero-order valence-electron chi connectivity index (χ0n) is 9.55. The second-order valence-electron chi connectivity index (χ2n) is 4.02. The molecule has 0 fully saturated rings. The number of benzene rings is 2. The highest BCUT2D eigenvalue weighted by molar-refractivity contribution is 6.42. The predicted molar refractivity (Wildman–Crippen MR) is 74.8 cm³/mol. The van der Waals surface area contributed by atoms with E-state index in [1.807, 2.05) is 30.3 Å². The molecule has 3 N–H and O–H groups in total. The van der Waals surface area contributed by atoms with Gasteiger partial charge in [-0.15, -0.1) is 0 Å². The summed E-state index contributed by atoms with van der Waals surface area (Å²) in [4.78, 5) is 0. The van der Waals surface area contributed by atoms with Gasteiger partial charge in [0.2, 0.25) is 0 Å². The third kappa shape index (κ3) is 2.68. The Morgan fingerprint density at radius 2 is 1.61 bits per heavy atom. The Bertz CT molecular complexity index is 531. The lowest BCUT2D eigenvalue weighted by atomic mass is 9.97. The first-order valence-electron chi connectivity index (χ1n) is 5.53. The molecule has 0 saturated carbocycles. The van der Waals surface area contributed by atoms with Gasteiger partial charge in [-0.05, 0) is 11.6 Å². The molecule has 18 heavy (non-hydrogen) atoms. The molecule has 0 aliphatic heterocycles. The van der Waals surface area contributed by atoms with Gasteiger partial charge in [-0.3, -0.25) is 0 Å². The van der Waals surface area contributed by atoms with E-state index in [-0.39, 0.29) is 0 Å². The number of hydrogen-bond acceptors (Lipinski definition) is 2. The quantitative estimate of drug-likeness (QED) is 0.901. The van der Waals surface area contributed by atoms with Gasteiger partial charge in [-0.25, -0.2) is 0 Å². The van der Waals surface area contributed by atoms with Crippen LogP contribution < -0.4 is 5.73 Å². The topological polar surface area (TPSA) is 46.2 Å². The van der Waals surface area contributed by atoms with E-state index in [0.717, 1.165) is 5.56 Å². The predicted octanol–water partition coefficient (Wildman–Crippen LogP) is 3.73. The monoisotopic (exact) mass is 281 g/mol. The van der Waals surface area contributed by atoms with E-state index in [1.54, 1.807) is 18.2 Å². The molecule has 0 aliphatic rings. The molecule has 2 unspecified atom stereocenters. The van der Waals surface area contributed by atoms with Crippen molar-refractivity contribution in [3.05, 3.63) is 69.7 Å². The Labute approximate surface area is 116 Å². The van der Waals surface area contributed by atoms with E-state index >= 15 is 0 Å². The molecular formula is C14H13Cl2NO. The number of rotatable bonds is 3. The highest BCUT2D eigenvalue weighted by Gasteiger charge is 2.21. The summed E-state index contributed by atoms with van der Waals surface area (Å²) in [6.45, 7) is 0. The van der Waals surface area contributed by atoms with Crippen LogP contribution in [0.2, 0.25) is 10.0 Å². The van der Waals surface area contributed by atoms with Gasteiger partial charge in [-0.1, -0.05) is 65.7 Å². The average Bonchev–Trinajstić information content (AvgIpc) is 2.41. The SMILES string of the molecule is NC(c1ccccc1)C(O)c1cccc(Cl)c1Cl. The number of nitrogens with two attached hydrogens (primary N) is 1. The Kier molecular flexibility index (Phi) is 4.25. The van der Waals surface area contributed by atoms with Gasteiger partial charge in [0.15, 0.2) is 0 Å². The fourth-order valence-corrected chi connectivity index (χ4v) is 2.22. The summed E-state index contributed by atoms with van der Waals surface area (Å²) in [6.07, 6.45) is -0.890. The van der Waals surface area contributed by atoms with Gasteiger partial charge in [0.1, 0.15) is 0 Å². The lowest BCUT2D eigenvalue weighted by molar-refractivity contribution is 0.147. The van der Waals surface area contributed by atoms with Gasteiger partial charge in [0.25, 0.3) is 0 Å². The summed E-state index contributed by atoms with van der Waals surface area (Å²) in [6, 6.07) is 14.0. The second-order valence-corrected chi connectivity index (χ2v) is 4.81. The highest BCUT2D eigenvalue weighted by atomic mass is 35.5. The molecule has 94 valence electrons. The molecule has 2 atom stereocenters. The van der Waals surface area contributed by atoms with Crippen LogP contribution in [0.25, 0.3) is 0 Å². The Hall–Kier alpha value is -1.06. The fraction of sp³-hybridized carbons (Fsp3) is 0.143. The van der Waals surface area contributed by atoms with Crippen molar-refractivity contribution in [2.75, 3.05) is 0 Å². The Balaban J connectivity index is 2.31. The van der Waals surface area contributed by atoms with Crippen molar-refractivity contribution in [1.29, 1.82) is 0 Å². The van der Waals surface area contributed by atoms with Crippen molar-refractivity contribution >= 4 is 23.2 Å². The molecule has 2 nitrogen and oxygen atoms in total. The van der Waals surface area contributed by atoms with Crippen LogP contribution in [0, 0.1) is 0 Å². The summed E-state index contributed by atoms with van der Waals surface area (Å²) in [7, 11) is 0. The maximum absolute atomic E-state index is 10.3. The minimum atomic E-state index is -0.890. The summed E-state index contributed by atoms with van der Waals surface area (Å²) < 4.78 is 0. The van der Waals surface area contributed by atoms with Crippen molar-refractivity contribution in [3.8, 4) is 0 Å². The van der Waals surface area contributed by atoms with Crippen LogP contribution in [0.5, 0.6) is 0 Å². The summed E-state index contributed by atoms with van der Waals surface area (Å²) in [5.74, 6) is 0. The van der Waals surface area contributed by atoms with Crippen molar-refractivity contribution < 1.29 is 5.11 Å². The van der Waals surface area contributed by atoms with Crippen molar-refractivity contribution in [2.45, 2.75) is 12.1 Å². The molecule has 0 amide bonds. The molecule has 0 aromatic heterocycles. The zero-order valence-corrected chi connectivity index (χ0v) is 11.1. The van der Waals surface area contributed by atoms with E-state index in [0.29, 0.717) is 15.6 Å². The standard InChI is InChI=1S/C14H13Cl2NO/c15-11-8-4-7-10(12(11)16)14(18)13(17)9-5-2-1-3-6-9/h1-8,13-14,18H,17H2. The van der Waals surface area contributed by atoms with Crippen molar-refractivity contribution in [1.82, 2.24) is 0 Å². The minimum Gasteiger partial charge on any atom is -0.386 e. The molecule has 0 saturated heterocycles. The first kappa shape index (κ1) is 13.4. The van der Waals surface area contributed by atoms with Crippen LogP contribution in [-0.4, -0.2) is 5.11 Å². The molecule has 0 radical (unpaired) electrons. The third-order valence-electron chi connectivity index (χ3n) is 2.82. The first-order chi connectivity index (χ1) is 8.61. The van der Waals surface area contributed by atoms with E-state index in [9.17, 15) is 5.11 Å². The van der Waals surface area contributed by atoms with Gasteiger partial charge in [0, 0.05) is 5.56 Å². The van der Waals surface area contributed by atoms with Gasteiger partial charge < -0.3 is 10.8 Å². The van der Waals surface area contributed by atoms with Crippen LogP contribution in [0.4, 0.5) is 0 Å². The molecular weight excluding hydrogens is 269 g/mol. The van der Waals surface area contributed by atoms with Crippen LogP contribution in [0.15, 0.2) is 48.5 Å². The fourth-order valence-electron chi connectivity index (χ4n) is 1.80. The molecule has 0 heterocycles. The van der Waals surface area contributed by atoms with Crippen LogP contribution in [0.3, 0.4) is 0 Å². The summed E-state index contributed by atoms with van der Waals surface area (Å²) in [5, 5.41) is 11.0. The maximum atomic E-state index is 10.3. The molecule has 2 aromatic rings. The maximum Gasteiger partial charge on any atom is 0.0997 e. The summed E-state index contributed by atoms with van der Waals surface area (Å²) >= 11 is 12.0. The molecule has 0 spiro atoms. The molecule has 2 aromatic carbocycles. The van der Waals surface area contributed by atoms with E-state index < -0.39 is 12.1 Å². The van der Waals surface area contributed by atoms with E-state index in [1.165, 1.54) is 0 Å². The lowest BCUT2D eigenvalue weighted by Crippen LogP contribution is -2.19. The van der Waals surface area contributed by atoms with Crippen LogP contribution in [0.1, 0.15) is 23.3 Å². The minimum absolute atomic E-state index is 0.345. The van der Waals surface area contributed by atoms with Crippen LogP contribution >= 0.6 is 23.2 Å². The van der Waals surface area contributed by atoms with Crippen molar-refractivity contribution in [2.24, 2.45) is 5.73 Å². The van der Waals surface area contributed by atoms with Crippen molar-refractivity contribution in [3.63, 3.8) is 0 Å². The van der Waals surface area contributed by atoms with E-state index in [2.05, 4.69) is 0 Å². The van der Waals surface area contributed by atoms with E-state index in [4.69, 9.17) is 28.9 Å². The Morgan fingerprint density at radius 1 is 0.944 bits per heavy atom.